The third-order valence-electron chi connectivity index (χ3n) is 12.2. The smallest absolute Gasteiger partial charge is 0.179 e. The van der Waals surface area contributed by atoms with E-state index >= 15 is 0 Å². The van der Waals surface area contributed by atoms with E-state index in [1.807, 2.05) is 18.5 Å². The average molecular weight is 758 g/mol. The first-order valence-electron chi connectivity index (χ1n) is 19.8. The summed E-state index contributed by atoms with van der Waals surface area (Å²) in [5.74, 6) is 0. The van der Waals surface area contributed by atoms with Crippen LogP contribution in [0.25, 0.3) is 76.9 Å². The molecule has 4 aromatic heterocycles. The second-order valence-corrected chi connectivity index (χ2v) is 18.9. The fourth-order valence-electron chi connectivity index (χ4n) is 9.76. The topological polar surface area (TPSA) is 35.9 Å². The molecule has 0 saturated heterocycles. The van der Waals surface area contributed by atoms with Gasteiger partial charge in [0.1, 0.15) is 11.2 Å². The second-order valence-electron chi connectivity index (χ2n) is 15.1. The fraction of sp³-hybridized carbons (Fsp3) is 0. The molecule has 0 aliphatic carbocycles. The molecular formula is C53H35N3OSi. The third-order valence-corrected chi connectivity index (χ3v) is 16.9. The number of benzene rings is 8. The number of nitrogens with zero attached hydrogens (tertiary/aromatic N) is 3. The number of furan rings is 1. The first-order valence-corrected chi connectivity index (χ1v) is 21.8. The molecule has 8 aromatic carbocycles. The third kappa shape index (κ3) is 4.65. The molecule has 0 aliphatic rings. The standard InChI is InChI=1S/C53H35N3OSi/c1-3-15-38(16-4-1)58(39-17-5-2-6-18-39,40-28-26-36(27-29-40)55-46-23-10-7-20-42(46)43-32-33-54-35-49(43)55)41-19-13-14-37(34-41)56-47-24-11-8-21-44(47)52-48(56)30-31-51-53(52)45-22-9-12-25-50(45)57-51/h1-35H. The van der Waals surface area contributed by atoms with Crippen molar-refractivity contribution in [1.82, 2.24) is 14.1 Å². The Bertz CT molecular complexity index is 3420. The van der Waals surface area contributed by atoms with Crippen LogP contribution in [0.15, 0.2) is 217 Å². The van der Waals surface area contributed by atoms with Crippen molar-refractivity contribution in [2.45, 2.75) is 0 Å². The molecule has 0 aliphatic heterocycles. The molecule has 0 amide bonds. The number of hydrogen-bond acceptors (Lipinski definition) is 2. The summed E-state index contributed by atoms with van der Waals surface area (Å²) >= 11 is 0. The van der Waals surface area contributed by atoms with Gasteiger partial charge in [0.25, 0.3) is 0 Å². The molecule has 12 rings (SSSR count). The van der Waals surface area contributed by atoms with Crippen LogP contribution in [0.5, 0.6) is 0 Å². The van der Waals surface area contributed by atoms with Crippen LogP contribution >= 0.6 is 0 Å². The minimum Gasteiger partial charge on any atom is -0.456 e. The first kappa shape index (κ1) is 32.7. The van der Waals surface area contributed by atoms with E-state index in [0.29, 0.717) is 0 Å². The highest BCUT2D eigenvalue weighted by molar-refractivity contribution is 7.19. The zero-order valence-corrected chi connectivity index (χ0v) is 32.5. The summed E-state index contributed by atoms with van der Waals surface area (Å²) in [4.78, 5) is 4.54. The molecule has 0 atom stereocenters. The highest BCUT2D eigenvalue weighted by atomic mass is 28.3. The maximum Gasteiger partial charge on any atom is 0.179 e. The maximum atomic E-state index is 6.40. The average Bonchev–Trinajstić information content (AvgIpc) is 3.96. The largest absolute Gasteiger partial charge is 0.456 e. The van der Waals surface area contributed by atoms with Crippen molar-refractivity contribution in [3.63, 3.8) is 0 Å². The molecule has 0 spiro atoms. The normalized spacial score (nSPS) is 12.1. The van der Waals surface area contributed by atoms with Crippen LogP contribution in [0, 0.1) is 0 Å². The number of hydrogen-bond donors (Lipinski definition) is 0. The van der Waals surface area contributed by atoms with Crippen molar-refractivity contribution in [2.75, 3.05) is 0 Å². The van der Waals surface area contributed by atoms with E-state index in [4.69, 9.17) is 4.42 Å². The molecule has 5 heteroatoms. The predicted octanol–water partition coefficient (Wildman–Crippen LogP) is 10.6. The molecular weight excluding hydrogens is 723 g/mol. The minimum atomic E-state index is -2.91. The van der Waals surface area contributed by atoms with E-state index in [1.165, 1.54) is 53.3 Å². The van der Waals surface area contributed by atoms with Crippen LogP contribution in [0.3, 0.4) is 0 Å². The summed E-state index contributed by atoms with van der Waals surface area (Å²) in [7, 11) is -2.91. The quantitative estimate of drug-likeness (QED) is 0.125. The molecule has 0 N–H and O–H groups in total. The van der Waals surface area contributed by atoms with Crippen molar-refractivity contribution in [3.8, 4) is 11.4 Å². The van der Waals surface area contributed by atoms with E-state index in [9.17, 15) is 0 Å². The van der Waals surface area contributed by atoms with Crippen LogP contribution in [0.4, 0.5) is 0 Å². The molecule has 4 nitrogen and oxygen atoms in total. The van der Waals surface area contributed by atoms with Crippen molar-refractivity contribution in [2.24, 2.45) is 0 Å². The Hall–Kier alpha value is -7.47. The highest BCUT2D eigenvalue weighted by Crippen LogP contribution is 2.41. The lowest BCUT2D eigenvalue weighted by molar-refractivity contribution is 0.669. The SMILES string of the molecule is c1ccc([Si](c2ccccc2)(c2ccc(-n3c4ccccc4c4ccncc43)cc2)c2cccc(-n3c4ccccc4c4c5c(ccc43)oc3ccccc35)c2)cc1. The Morgan fingerprint density at radius 3 is 1.71 bits per heavy atom. The number of pyridine rings is 1. The summed E-state index contributed by atoms with van der Waals surface area (Å²) in [6, 6.07) is 73.4. The zero-order valence-electron chi connectivity index (χ0n) is 31.5. The highest BCUT2D eigenvalue weighted by Gasteiger charge is 2.41. The van der Waals surface area contributed by atoms with E-state index < -0.39 is 8.07 Å². The molecule has 272 valence electrons. The van der Waals surface area contributed by atoms with Crippen LogP contribution in [0.2, 0.25) is 0 Å². The lowest BCUT2D eigenvalue weighted by Crippen LogP contribution is -2.74. The molecule has 58 heavy (non-hydrogen) atoms. The minimum absolute atomic E-state index is 0.908. The van der Waals surface area contributed by atoms with Crippen molar-refractivity contribution in [1.29, 1.82) is 0 Å². The van der Waals surface area contributed by atoms with Crippen molar-refractivity contribution < 1.29 is 4.42 Å². The summed E-state index contributed by atoms with van der Waals surface area (Å²) < 4.78 is 11.2. The van der Waals surface area contributed by atoms with Crippen LogP contribution < -0.4 is 20.7 Å². The molecule has 0 saturated carbocycles. The van der Waals surface area contributed by atoms with Crippen molar-refractivity contribution in [3.05, 3.63) is 213 Å². The summed E-state index contributed by atoms with van der Waals surface area (Å²) in [5, 5.41) is 12.5. The van der Waals surface area contributed by atoms with Gasteiger partial charge in [0, 0.05) is 49.9 Å². The summed E-state index contributed by atoms with van der Waals surface area (Å²) in [6.07, 6.45) is 3.87. The van der Waals surface area contributed by atoms with Gasteiger partial charge in [-0.15, -0.1) is 0 Å². The Morgan fingerprint density at radius 1 is 0.362 bits per heavy atom. The van der Waals surface area contributed by atoms with Gasteiger partial charge in [0.15, 0.2) is 8.07 Å². The van der Waals surface area contributed by atoms with Gasteiger partial charge in [-0.05, 0) is 81.4 Å². The van der Waals surface area contributed by atoms with E-state index in [2.05, 4.69) is 208 Å². The molecule has 0 bridgehead atoms. The Labute approximate surface area is 335 Å². The lowest BCUT2D eigenvalue weighted by Gasteiger charge is -2.35. The van der Waals surface area contributed by atoms with Gasteiger partial charge in [-0.1, -0.05) is 140 Å². The Balaban J connectivity index is 1.12. The fourth-order valence-corrected chi connectivity index (χ4v) is 14.5. The Morgan fingerprint density at radius 2 is 0.948 bits per heavy atom. The number of para-hydroxylation sites is 3. The number of fused-ring (bicyclic) bond motifs is 10. The summed E-state index contributed by atoms with van der Waals surface area (Å²) in [6.45, 7) is 0. The first-order chi connectivity index (χ1) is 28.8. The number of aromatic nitrogens is 3. The van der Waals surface area contributed by atoms with Gasteiger partial charge < -0.3 is 13.6 Å². The van der Waals surface area contributed by atoms with Gasteiger partial charge in [0.2, 0.25) is 0 Å². The number of rotatable bonds is 6. The molecule has 12 aromatic rings. The van der Waals surface area contributed by atoms with Gasteiger partial charge in [-0.2, -0.15) is 0 Å². The van der Waals surface area contributed by atoms with Gasteiger partial charge in [-0.25, -0.2) is 0 Å². The van der Waals surface area contributed by atoms with E-state index in [1.54, 1.807) is 0 Å². The molecule has 0 radical (unpaired) electrons. The lowest BCUT2D eigenvalue weighted by atomic mass is 10.1. The second kappa shape index (κ2) is 12.8. The predicted molar refractivity (Wildman–Crippen MR) is 244 cm³/mol. The molecule has 4 heterocycles. The molecule has 0 fully saturated rings. The molecule has 0 unspecified atom stereocenters. The van der Waals surface area contributed by atoms with E-state index in [-0.39, 0.29) is 0 Å². The van der Waals surface area contributed by atoms with Crippen LogP contribution in [-0.4, -0.2) is 22.2 Å². The Kier molecular flexibility index (Phi) is 7.21. The van der Waals surface area contributed by atoms with Crippen molar-refractivity contribution >= 4 is 94.4 Å². The van der Waals surface area contributed by atoms with Gasteiger partial charge in [-0.3, -0.25) is 4.98 Å². The monoisotopic (exact) mass is 757 g/mol. The summed E-state index contributed by atoms with van der Waals surface area (Å²) in [5.41, 5.74) is 8.67. The van der Waals surface area contributed by atoms with Gasteiger partial charge in [0.05, 0.1) is 28.3 Å². The van der Waals surface area contributed by atoms with Gasteiger partial charge >= 0.3 is 0 Å². The maximum absolute atomic E-state index is 6.40. The van der Waals surface area contributed by atoms with Crippen LogP contribution in [-0.2, 0) is 0 Å². The van der Waals surface area contributed by atoms with Crippen LogP contribution in [0.1, 0.15) is 0 Å². The van der Waals surface area contributed by atoms with E-state index in [0.717, 1.165) is 44.3 Å². The zero-order chi connectivity index (χ0) is 38.2.